The number of anilines is 1. The van der Waals surface area contributed by atoms with E-state index in [-0.39, 0.29) is 21.9 Å². The number of sulfonamides is 1. The largest absolute Gasteiger partial charge is 0.482 e. The molecule has 1 N–H and O–H groups in total. The standard InChI is InChI=1S/C20H22F3N3O4S/c1-25-9-11-26(12-10-25)31(28,29)16-6-4-5-15(13-16)19(27)24-17-7-2-3-8-18(17)30-14-20(21,22)23/h2-8,13H,9-12,14H2,1H3,(H,24,27). The first-order valence-corrected chi connectivity index (χ1v) is 10.9. The quantitative estimate of drug-likeness (QED) is 0.722. The van der Waals surface area contributed by atoms with Gasteiger partial charge in [0.1, 0.15) is 5.75 Å². The van der Waals surface area contributed by atoms with Crippen LogP contribution in [0.4, 0.5) is 18.9 Å². The summed E-state index contributed by atoms with van der Waals surface area (Å²) >= 11 is 0. The van der Waals surface area contributed by atoms with Gasteiger partial charge in [0, 0.05) is 31.7 Å². The molecule has 168 valence electrons. The SMILES string of the molecule is CN1CCN(S(=O)(=O)c2cccc(C(=O)Nc3ccccc3OCC(F)(F)F)c2)CC1. The first kappa shape index (κ1) is 23.0. The van der Waals surface area contributed by atoms with Crippen LogP contribution in [0.5, 0.6) is 5.75 Å². The van der Waals surface area contributed by atoms with Crippen LogP contribution in [0.1, 0.15) is 10.4 Å². The highest BCUT2D eigenvalue weighted by molar-refractivity contribution is 7.89. The molecule has 1 heterocycles. The highest BCUT2D eigenvalue weighted by Gasteiger charge is 2.29. The predicted octanol–water partition coefficient (Wildman–Crippen LogP) is 2.82. The first-order valence-electron chi connectivity index (χ1n) is 9.45. The summed E-state index contributed by atoms with van der Waals surface area (Å²) in [5.41, 5.74) is 0.102. The van der Waals surface area contributed by atoms with E-state index in [2.05, 4.69) is 5.32 Å². The van der Waals surface area contributed by atoms with E-state index in [0.29, 0.717) is 26.2 Å². The van der Waals surface area contributed by atoms with Crippen molar-refractivity contribution in [2.75, 3.05) is 45.2 Å². The van der Waals surface area contributed by atoms with E-state index in [4.69, 9.17) is 4.74 Å². The molecule has 0 spiro atoms. The fraction of sp³-hybridized carbons (Fsp3) is 0.350. The summed E-state index contributed by atoms with van der Waals surface area (Å²) in [6, 6.07) is 11.2. The highest BCUT2D eigenvalue weighted by Crippen LogP contribution is 2.27. The van der Waals surface area contributed by atoms with Gasteiger partial charge >= 0.3 is 6.18 Å². The second kappa shape index (κ2) is 9.25. The number of hydrogen-bond donors (Lipinski definition) is 1. The van der Waals surface area contributed by atoms with Crippen LogP contribution in [0.2, 0.25) is 0 Å². The molecule has 0 saturated carbocycles. The molecular formula is C20H22F3N3O4S. The molecule has 11 heteroatoms. The lowest BCUT2D eigenvalue weighted by atomic mass is 10.2. The number of nitrogens with one attached hydrogen (secondary N) is 1. The van der Waals surface area contributed by atoms with Crippen LogP contribution in [-0.4, -0.2) is 69.5 Å². The average molecular weight is 457 g/mol. The second-order valence-corrected chi connectivity index (χ2v) is 9.03. The Kier molecular flexibility index (Phi) is 6.87. The maximum atomic E-state index is 12.9. The Labute approximate surface area is 178 Å². The van der Waals surface area contributed by atoms with Crippen molar-refractivity contribution in [2.24, 2.45) is 0 Å². The Hall–Kier alpha value is -2.63. The van der Waals surface area contributed by atoms with Crippen LogP contribution >= 0.6 is 0 Å². The summed E-state index contributed by atoms with van der Waals surface area (Å²) < 4.78 is 69.3. The van der Waals surface area contributed by atoms with Crippen LogP contribution in [-0.2, 0) is 10.0 Å². The molecule has 0 atom stereocenters. The molecule has 0 unspecified atom stereocenters. The fourth-order valence-corrected chi connectivity index (χ4v) is 4.49. The molecule has 1 amide bonds. The van der Waals surface area contributed by atoms with Crippen molar-refractivity contribution in [1.82, 2.24) is 9.21 Å². The number of carbonyl (C=O) groups is 1. The van der Waals surface area contributed by atoms with Gasteiger partial charge in [-0.3, -0.25) is 4.79 Å². The van der Waals surface area contributed by atoms with Gasteiger partial charge in [-0.25, -0.2) is 8.42 Å². The minimum absolute atomic E-state index is 0.0219. The molecule has 31 heavy (non-hydrogen) atoms. The number of rotatable bonds is 6. The zero-order chi connectivity index (χ0) is 22.6. The van der Waals surface area contributed by atoms with Crippen molar-refractivity contribution in [3.8, 4) is 5.75 Å². The third-order valence-electron chi connectivity index (χ3n) is 4.72. The number of ether oxygens (including phenoxy) is 1. The Morgan fingerprint density at radius 1 is 1.06 bits per heavy atom. The van der Waals surface area contributed by atoms with Gasteiger partial charge in [0.25, 0.3) is 5.91 Å². The first-order chi connectivity index (χ1) is 14.6. The minimum Gasteiger partial charge on any atom is -0.482 e. The number of likely N-dealkylation sites (N-methyl/N-ethyl adjacent to an activating group) is 1. The van der Waals surface area contributed by atoms with E-state index in [0.717, 1.165) is 0 Å². The summed E-state index contributed by atoms with van der Waals surface area (Å²) in [7, 11) is -1.86. The summed E-state index contributed by atoms with van der Waals surface area (Å²) in [6.07, 6.45) is -4.52. The van der Waals surface area contributed by atoms with Crippen molar-refractivity contribution >= 4 is 21.6 Å². The zero-order valence-corrected chi connectivity index (χ0v) is 17.5. The van der Waals surface area contributed by atoms with Crippen molar-refractivity contribution in [1.29, 1.82) is 0 Å². The van der Waals surface area contributed by atoms with Crippen LogP contribution in [0.25, 0.3) is 0 Å². The molecule has 1 fully saturated rings. The maximum Gasteiger partial charge on any atom is 0.422 e. The summed E-state index contributed by atoms with van der Waals surface area (Å²) in [5, 5.41) is 2.48. The number of benzene rings is 2. The van der Waals surface area contributed by atoms with Gasteiger partial charge in [-0.15, -0.1) is 0 Å². The predicted molar refractivity (Wildman–Crippen MR) is 109 cm³/mol. The van der Waals surface area contributed by atoms with Crippen LogP contribution in [0.3, 0.4) is 0 Å². The number of alkyl halides is 3. The van der Waals surface area contributed by atoms with Gasteiger partial charge in [-0.05, 0) is 37.4 Å². The smallest absolute Gasteiger partial charge is 0.422 e. The molecule has 3 rings (SSSR count). The second-order valence-electron chi connectivity index (χ2n) is 7.09. The molecule has 0 bridgehead atoms. The Bertz CT molecular complexity index is 1040. The topological polar surface area (TPSA) is 79.0 Å². The third-order valence-corrected chi connectivity index (χ3v) is 6.62. The zero-order valence-electron chi connectivity index (χ0n) is 16.7. The van der Waals surface area contributed by atoms with Gasteiger partial charge in [0.05, 0.1) is 10.6 Å². The lowest BCUT2D eigenvalue weighted by molar-refractivity contribution is -0.153. The van der Waals surface area contributed by atoms with Crippen molar-refractivity contribution in [3.05, 3.63) is 54.1 Å². The van der Waals surface area contributed by atoms with Crippen molar-refractivity contribution in [2.45, 2.75) is 11.1 Å². The number of piperazine rings is 1. The highest BCUT2D eigenvalue weighted by atomic mass is 32.2. The Morgan fingerprint density at radius 2 is 1.74 bits per heavy atom. The van der Waals surface area contributed by atoms with E-state index in [9.17, 15) is 26.4 Å². The van der Waals surface area contributed by atoms with E-state index in [1.807, 2.05) is 11.9 Å². The fourth-order valence-electron chi connectivity index (χ4n) is 3.03. The van der Waals surface area contributed by atoms with Crippen molar-refractivity contribution < 1.29 is 31.1 Å². The van der Waals surface area contributed by atoms with Gasteiger partial charge in [0.15, 0.2) is 6.61 Å². The normalized spacial score (nSPS) is 16.1. The van der Waals surface area contributed by atoms with Gasteiger partial charge in [-0.2, -0.15) is 17.5 Å². The molecule has 0 aromatic heterocycles. The number of halogens is 3. The number of para-hydroxylation sites is 2. The Morgan fingerprint density at radius 3 is 2.42 bits per heavy atom. The maximum absolute atomic E-state index is 12.9. The van der Waals surface area contributed by atoms with Crippen LogP contribution < -0.4 is 10.1 Å². The molecule has 1 aliphatic rings. The van der Waals surface area contributed by atoms with Gasteiger partial charge < -0.3 is 15.0 Å². The molecular weight excluding hydrogens is 435 g/mol. The summed E-state index contributed by atoms with van der Waals surface area (Å²) in [5.74, 6) is -0.812. The number of nitrogens with zero attached hydrogens (tertiary/aromatic N) is 2. The Balaban J connectivity index is 1.77. The number of carbonyl (C=O) groups excluding carboxylic acids is 1. The molecule has 0 aliphatic carbocycles. The van der Waals surface area contributed by atoms with E-state index < -0.39 is 28.7 Å². The lowest BCUT2D eigenvalue weighted by Crippen LogP contribution is -2.47. The third kappa shape index (κ3) is 5.96. The van der Waals surface area contributed by atoms with E-state index >= 15 is 0 Å². The summed E-state index contributed by atoms with van der Waals surface area (Å²) in [4.78, 5) is 14.7. The van der Waals surface area contributed by atoms with E-state index in [1.54, 1.807) is 0 Å². The molecule has 2 aromatic carbocycles. The molecule has 1 aliphatic heterocycles. The monoisotopic (exact) mass is 457 g/mol. The van der Waals surface area contributed by atoms with Gasteiger partial charge in [-0.1, -0.05) is 18.2 Å². The van der Waals surface area contributed by atoms with Crippen LogP contribution in [0, 0.1) is 0 Å². The van der Waals surface area contributed by atoms with Crippen molar-refractivity contribution in [3.63, 3.8) is 0 Å². The lowest BCUT2D eigenvalue weighted by Gasteiger charge is -2.31. The average Bonchev–Trinajstić information content (AvgIpc) is 2.73. The van der Waals surface area contributed by atoms with Crippen LogP contribution in [0.15, 0.2) is 53.4 Å². The number of hydrogen-bond acceptors (Lipinski definition) is 5. The van der Waals surface area contributed by atoms with Gasteiger partial charge in [0.2, 0.25) is 10.0 Å². The minimum atomic E-state index is -4.52. The summed E-state index contributed by atoms with van der Waals surface area (Å²) in [6.45, 7) is 0.402. The molecule has 7 nitrogen and oxygen atoms in total. The van der Waals surface area contributed by atoms with E-state index in [1.165, 1.54) is 52.8 Å². The molecule has 2 aromatic rings. The molecule has 1 saturated heterocycles. The molecule has 0 radical (unpaired) electrons. The number of amides is 1.